The molecule has 1 aromatic heterocycles. The minimum absolute atomic E-state index is 0.00651. The van der Waals surface area contributed by atoms with Crippen molar-refractivity contribution < 1.29 is 10.0 Å². The lowest BCUT2D eigenvalue weighted by molar-refractivity contribution is -0.384. The summed E-state index contributed by atoms with van der Waals surface area (Å²) in [5, 5.41) is 20.7. The van der Waals surface area contributed by atoms with Crippen molar-refractivity contribution in [1.82, 2.24) is 4.98 Å². The van der Waals surface area contributed by atoms with Gasteiger partial charge in [0.15, 0.2) is 0 Å². The third kappa shape index (κ3) is 2.46. The number of anilines is 1. The Hall–Kier alpha value is -1.21. The zero-order valence-electron chi connectivity index (χ0n) is 9.91. The summed E-state index contributed by atoms with van der Waals surface area (Å²) in [6.45, 7) is 3.15. The first-order valence-electron chi connectivity index (χ1n) is 5.71. The van der Waals surface area contributed by atoms with Gasteiger partial charge >= 0.3 is 5.69 Å². The highest BCUT2D eigenvalue weighted by Gasteiger charge is 2.30. The van der Waals surface area contributed by atoms with Crippen molar-refractivity contribution >= 4 is 27.3 Å². The summed E-state index contributed by atoms with van der Waals surface area (Å²) < 4.78 is 0.611. The highest BCUT2D eigenvalue weighted by atomic mass is 79.9. The molecule has 7 heteroatoms. The number of aliphatic hydroxyl groups is 1. The van der Waals surface area contributed by atoms with Gasteiger partial charge in [0.05, 0.1) is 15.5 Å². The van der Waals surface area contributed by atoms with Crippen LogP contribution in [0, 0.1) is 16.0 Å². The molecule has 1 fully saturated rings. The van der Waals surface area contributed by atoms with E-state index >= 15 is 0 Å². The van der Waals surface area contributed by atoms with Crippen LogP contribution in [-0.2, 0) is 0 Å². The Labute approximate surface area is 113 Å². The van der Waals surface area contributed by atoms with E-state index in [9.17, 15) is 15.2 Å². The number of nitrogens with zero attached hydrogens (tertiary/aromatic N) is 3. The maximum absolute atomic E-state index is 11.0. The van der Waals surface area contributed by atoms with Crippen molar-refractivity contribution in [2.45, 2.75) is 19.4 Å². The Bertz CT molecular complexity index is 469. The molecule has 2 atom stereocenters. The van der Waals surface area contributed by atoms with Crippen molar-refractivity contribution in [3.8, 4) is 0 Å². The zero-order valence-corrected chi connectivity index (χ0v) is 11.5. The third-order valence-corrected chi connectivity index (χ3v) is 3.81. The van der Waals surface area contributed by atoms with Crippen LogP contribution < -0.4 is 4.90 Å². The van der Waals surface area contributed by atoms with Gasteiger partial charge < -0.3 is 10.0 Å². The second-order valence-electron chi connectivity index (χ2n) is 4.53. The normalized spacial score (nSPS) is 24.1. The van der Waals surface area contributed by atoms with E-state index in [1.165, 1.54) is 6.20 Å². The van der Waals surface area contributed by atoms with Gasteiger partial charge in [0.1, 0.15) is 11.9 Å². The van der Waals surface area contributed by atoms with Crippen LogP contribution in [0.15, 0.2) is 16.9 Å². The van der Waals surface area contributed by atoms with Crippen molar-refractivity contribution in [2.24, 2.45) is 5.92 Å². The second-order valence-corrected chi connectivity index (χ2v) is 5.38. The summed E-state index contributed by atoms with van der Waals surface area (Å²) in [7, 11) is 0. The van der Waals surface area contributed by atoms with E-state index in [4.69, 9.17) is 0 Å². The number of rotatable bonds is 2. The molecular weight excluding hydrogens is 302 g/mol. The number of aromatic nitrogens is 1. The molecule has 18 heavy (non-hydrogen) atoms. The number of piperidine rings is 1. The van der Waals surface area contributed by atoms with Crippen LogP contribution in [0.2, 0.25) is 0 Å². The van der Waals surface area contributed by atoms with Gasteiger partial charge in [-0.05, 0) is 28.3 Å². The van der Waals surface area contributed by atoms with Crippen LogP contribution >= 0.6 is 15.9 Å². The van der Waals surface area contributed by atoms with E-state index in [-0.39, 0.29) is 17.7 Å². The molecule has 0 amide bonds. The third-order valence-electron chi connectivity index (χ3n) is 3.23. The molecule has 0 aromatic carbocycles. The molecule has 2 rings (SSSR count). The van der Waals surface area contributed by atoms with Gasteiger partial charge in [-0.3, -0.25) is 15.1 Å². The summed E-state index contributed by atoms with van der Waals surface area (Å²) in [5.41, 5.74) is 0.543. The molecule has 1 aliphatic heterocycles. The lowest BCUT2D eigenvalue weighted by Crippen LogP contribution is -2.42. The fraction of sp³-hybridized carbons (Fsp3) is 0.545. The summed E-state index contributed by atoms with van der Waals surface area (Å²) in [6, 6.07) is 0. The lowest BCUT2D eigenvalue weighted by atomic mass is 9.96. The van der Waals surface area contributed by atoms with Gasteiger partial charge in [-0.25, -0.2) is 0 Å². The number of hydrogen-bond acceptors (Lipinski definition) is 5. The van der Waals surface area contributed by atoms with Crippen molar-refractivity contribution in [1.29, 1.82) is 0 Å². The molecule has 1 aromatic rings. The predicted molar refractivity (Wildman–Crippen MR) is 70.6 cm³/mol. The molecule has 0 bridgehead atoms. The Morgan fingerprint density at radius 1 is 1.61 bits per heavy atom. The van der Waals surface area contributed by atoms with Crippen LogP contribution in [0.3, 0.4) is 0 Å². The molecule has 0 aliphatic carbocycles. The minimum Gasteiger partial charge on any atom is -0.393 e. The van der Waals surface area contributed by atoms with Crippen molar-refractivity contribution in [3.63, 3.8) is 0 Å². The van der Waals surface area contributed by atoms with Crippen LogP contribution in [0.5, 0.6) is 0 Å². The van der Waals surface area contributed by atoms with Crippen molar-refractivity contribution in [2.75, 3.05) is 18.0 Å². The lowest BCUT2D eigenvalue weighted by Gasteiger charge is -2.35. The van der Waals surface area contributed by atoms with E-state index in [2.05, 4.69) is 20.9 Å². The van der Waals surface area contributed by atoms with E-state index < -0.39 is 4.92 Å². The second kappa shape index (κ2) is 5.19. The fourth-order valence-electron chi connectivity index (χ4n) is 2.20. The molecule has 0 saturated carbocycles. The fourth-order valence-corrected chi connectivity index (χ4v) is 2.77. The molecule has 2 unspecified atom stereocenters. The first-order valence-corrected chi connectivity index (χ1v) is 6.51. The average Bonchev–Trinajstić information content (AvgIpc) is 2.32. The number of nitro groups is 1. The molecule has 1 N–H and O–H groups in total. The summed E-state index contributed by atoms with van der Waals surface area (Å²) >= 11 is 3.31. The maximum atomic E-state index is 11.0. The first-order chi connectivity index (χ1) is 8.50. The standard InChI is InChI=1S/C11H14BrN3O3/c1-7-6-14(3-2-10(7)16)11-8(12)4-13-5-9(11)15(17)18/h4-5,7,10,16H,2-3,6H2,1H3. The highest BCUT2D eigenvalue weighted by Crippen LogP contribution is 2.36. The SMILES string of the molecule is CC1CN(c2c(Br)cncc2[N+](=O)[O-])CCC1O. The van der Waals surface area contributed by atoms with Gasteiger partial charge in [-0.15, -0.1) is 0 Å². The Morgan fingerprint density at radius 2 is 2.33 bits per heavy atom. The van der Waals surface area contributed by atoms with E-state index in [1.807, 2.05) is 11.8 Å². The van der Waals surface area contributed by atoms with E-state index in [0.29, 0.717) is 29.7 Å². The summed E-state index contributed by atoms with van der Waals surface area (Å²) in [5.74, 6) is 0.0958. The molecule has 98 valence electrons. The molecular formula is C11H14BrN3O3. The largest absolute Gasteiger partial charge is 0.393 e. The van der Waals surface area contributed by atoms with Crippen molar-refractivity contribution in [3.05, 3.63) is 27.0 Å². The van der Waals surface area contributed by atoms with E-state index in [0.717, 1.165) is 0 Å². The number of pyridine rings is 1. The van der Waals surface area contributed by atoms with Gasteiger partial charge in [-0.1, -0.05) is 6.92 Å². The topological polar surface area (TPSA) is 79.5 Å². The molecule has 1 saturated heterocycles. The number of aliphatic hydroxyl groups excluding tert-OH is 1. The van der Waals surface area contributed by atoms with Crippen LogP contribution in [0.4, 0.5) is 11.4 Å². The van der Waals surface area contributed by atoms with Gasteiger partial charge in [-0.2, -0.15) is 0 Å². The molecule has 0 spiro atoms. The maximum Gasteiger partial charge on any atom is 0.311 e. The smallest absolute Gasteiger partial charge is 0.311 e. The minimum atomic E-state index is -0.428. The van der Waals surface area contributed by atoms with E-state index in [1.54, 1.807) is 6.20 Å². The first kappa shape index (κ1) is 13.2. The number of hydrogen-bond donors (Lipinski definition) is 1. The molecule has 0 radical (unpaired) electrons. The Kier molecular flexibility index (Phi) is 3.82. The Balaban J connectivity index is 2.36. The van der Waals surface area contributed by atoms with Crippen LogP contribution in [-0.4, -0.2) is 34.2 Å². The van der Waals surface area contributed by atoms with Gasteiger partial charge in [0, 0.05) is 19.3 Å². The predicted octanol–water partition coefficient (Wildman–Crippen LogP) is 1.96. The average molecular weight is 316 g/mol. The summed E-state index contributed by atoms with van der Waals surface area (Å²) in [6.07, 6.45) is 3.10. The van der Waals surface area contributed by atoms with Crippen LogP contribution in [0.1, 0.15) is 13.3 Å². The zero-order chi connectivity index (χ0) is 13.3. The van der Waals surface area contributed by atoms with Crippen LogP contribution in [0.25, 0.3) is 0 Å². The molecule has 6 nitrogen and oxygen atoms in total. The monoisotopic (exact) mass is 315 g/mol. The molecule has 1 aliphatic rings. The quantitative estimate of drug-likeness (QED) is 0.666. The van der Waals surface area contributed by atoms with Gasteiger partial charge in [0.25, 0.3) is 0 Å². The van der Waals surface area contributed by atoms with Gasteiger partial charge in [0.2, 0.25) is 0 Å². The molecule has 2 heterocycles. The Morgan fingerprint density at radius 3 is 2.94 bits per heavy atom. The highest BCUT2D eigenvalue weighted by molar-refractivity contribution is 9.10. The number of halogens is 1. The summed E-state index contributed by atoms with van der Waals surface area (Å²) in [4.78, 5) is 16.4.